The quantitative estimate of drug-likeness (QED) is 0.216. The van der Waals surface area contributed by atoms with Crippen molar-refractivity contribution in [1.29, 1.82) is 0 Å². The van der Waals surface area contributed by atoms with E-state index in [1.165, 1.54) is 14.0 Å². The molecule has 3 heterocycles. The molecule has 3 aliphatic rings. The second kappa shape index (κ2) is 17.8. The minimum atomic E-state index is -1.80. The summed E-state index contributed by atoms with van der Waals surface area (Å²) in [6.07, 6.45) is -8.10. The first-order chi connectivity index (χ1) is 23.9. The maximum atomic E-state index is 14.4. The zero-order valence-corrected chi connectivity index (χ0v) is 34.2. The number of ether oxygens (including phenoxy) is 6. The highest BCUT2D eigenvalue weighted by molar-refractivity contribution is 5.73. The zero-order valence-electron chi connectivity index (χ0n) is 34.2. The van der Waals surface area contributed by atoms with Crippen LogP contribution in [0.5, 0.6) is 0 Å². The van der Waals surface area contributed by atoms with E-state index in [1.54, 1.807) is 34.6 Å². The molecule has 5 N–H and O–H groups in total. The van der Waals surface area contributed by atoms with Crippen molar-refractivity contribution in [2.45, 2.75) is 185 Å². The van der Waals surface area contributed by atoms with E-state index in [0.717, 1.165) is 0 Å². The molecule has 0 bridgehead atoms. The number of methoxy groups -OCH3 is 1. The molecule has 306 valence electrons. The Bertz CT molecular complexity index is 1140. The van der Waals surface area contributed by atoms with Crippen molar-refractivity contribution in [2.24, 2.45) is 17.8 Å². The van der Waals surface area contributed by atoms with Gasteiger partial charge >= 0.3 is 5.97 Å². The fourth-order valence-electron chi connectivity index (χ4n) is 8.73. The number of hydrogen-bond acceptors (Lipinski definition) is 14. The molecule has 0 aromatic carbocycles. The number of rotatable bonds is 9. The van der Waals surface area contributed by atoms with Crippen LogP contribution in [0.15, 0.2) is 0 Å². The monoisotopic (exact) mass is 749 g/mol. The van der Waals surface area contributed by atoms with E-state index in [1.807, 2.05) is 58.6 Å². The highest BCUT2D eigenvalue weighted by atomic mass is 16.7. The van der Waals surface area contributed by atoms with E-state index in [4.69, 9.17) is 28.4 Å². The standard InChI is InChI=1S/C38H72N2O12/c1-15-27(41)38(10,46)33-24(6)40(13)19-20(2)17-36(8,45)32(52-35-29(42)26(39(11)12)16-21(3)48-35)22(4)30(23(5)34(44)51-33)50-28-18-37(9,47-14)31(43)25(7)49-28/h20-33,35,41-43,45-46H,15-19H2,1-14H3/t20-,21?,22+,23-,24-,25?,26+,27-,28+,29?,30+,31+,32-,33?,35+,36-,37+,38-/m1/s1. The van der Waals surface area contributed by atoms with Crippen LogP contribution in [0.25, 0.3) is 0 Å². The van der Waals surface area contributed by atoms with Gasteiger partial charge in [-0.2, -0.15) is 0 Å². The summed E-state index contributed by atoms with van der Waals surface area (Å²) in [5.41, 5.74) is -4.35. The van der Waals surface area contributed by atoms with Gasteiger partial charge in [0.25, 0.3) is 0 Å². The van der Waals surface area contributed by atoms with Crippen LogP contribution in [0.4, 0.5) is 0 Å². The Kier molecular flexibility index (Phi) is 15.6. The number of cyclic esters (lactones) is 1. The molecule has 3 saturated heterocycles. The summed E-state index contributed by atoms with van der Waals surface area (Å²) < 4.78 is 37.7. The fraction of sp³-hybridized carbons (Fsp3) is 0.974. The molecule has 0 saturated carbocycles. The number of carbonyl (C=O) groups excluding carboxylic acids is 1. The van der Waals surface area contributed by atoms with Crippen LogP contribution in [0, 0.1) is 17.8 Å². The number of hydrogen-bond donors (Lipinski definition) is 5. The molecule has 14 nitrogen and oxygen atoms in total. The Hall–Kier alpha value is -1.01. The Balaban J connectivity index is 2.17. The molecule has 0 spiro atoms. The molecule has 3 fully saturated rings. The van der Waals surface area contributed by atoms with Gasteiger partial charge in [-0.3, -0.25) is 9.69 Å². The average Bonchev–Trinajstić information content (AvgIpc) is 3.06. The maximum absolute atomic E-state index is 14.4. The lowest BCUT2D eigenvalue weighted by Gasteiger charge is -2.48. The Morgan fingerprint density at radius 1 is 1.06 bits per heavy atom. The second-order valence-electron chi connectivity index (χ2n) is 17.2. The summed E-state index contributed by atoms with van der Waals surface area (Å²) in [6, 6.07) is -0.803. The molecule has 18 atom stereocenters. The first-order valence-electron chi connectivity index (χ1n) is 19.1. The largest absolute Gasteiger partial charge is 0.457 e. The van der Waals surface area contributed by atoms with Crippen molar-refractivity contribution < 1.29 is 58.7 Å². The minimum Gasteiger partial charge on any atom is -0.457 e. The fourth-order valence-corrected chi connectivity index (χ4v) is 8.73. The predicted octanol–water partition coefficient (Wildman–Crippen LogP) is 1.90. The third-order valence-corrected chi connectivity index (χ3v) is 12.2. The molecular weight excluding hydrogens is 676 g/mol. The Morgan fingerprint density at radius 2 is 1.67 bits per heavy atom. The van der Waals surface area contributed by atoms with Crippen molar-refractivity contribution in [3.8, 4) is 0 Å². The lowest BCUT2D eigenvalue weighted by Crippen LogP contribution is -2.61. The maximum Gasteiger partial charge on any atom is 0.311 e. The molecule has 14 heteroatoms. The summed E-state index contributed by atoms with van der Waals surface area (Å²) in [4.78, 5) is 18.3. The number of nitrogens with zero attached hydrogens (tertiary/aromatic N) is 2. The molecule has 3 rings (SSSR count). The van der Waals surface area contributed by atoms with Crippen LogP contribution in [-0.4, -0.2) is 166 Å². The van der Waals surface area contributed by atoms with Gasteiger partial charge in [0.2, 0.25) is 0 Å². The molecule has 3 aliphatic heterocycles. The van der Waals surface area contributed by atoms with Gasteiger partial charge in [-0.1, -0.05) is 20.8 Å². The molecule has 0 aliphatic carbocycles. The minimum absolute atomic E-state index is 0.132. The number of carbonyl (C=O) groups is 1. The van der Waals surface area contributed by atoms with E-state index in [0.29, 0.717) is 13.0 Å². The summed E-state index contributed by atoms with van der Waals surface area (Å²) in [7, 11) is 7.14. The molecule has 52 heavy (non-hydrogen) atoms. The van der Waals surface area contributed by atoms with Crippen LogP contribution in [0.1, 0.15) is 94.9 Å². The van der Waals surface area contributed by atoms with Gasteiger partial charge in [0.15, 0.2) is 12.6 Å². The first-order valence-corrected chi connectivity index (χ1v) is 19.1. The number of esters is 1. The smallest absolute Gasteiger partial charge is 0.311 e. The number of aliphatic hydroxyl groups excluding tert-OH is 3. The van der Waals surface area contributed by atoms with E-state index in [9.17, 15) is 30.3 Å². The van der Waals surface area contributed by atoms with E-state index < -0.39 is 96.0 Å². The van der Waals surface area contributed by atoms with Gasteiger partial charge in [-0.15, -0.1) is 0 Å². The van der Waals surface area contributed by atoms with Crippen molar-refractivity contribution in [3.05, 3.63) is 0 Å². The SMILES string of the molecule is CC[C@@H](O)[C@@](C)(O)C1OC(=O)[C@H](C)[C@@H](O[C@H]2C[C@](C)(OC)[C@@H](O)C(C)O2)[C@H](C)[C@@H](O[C@@H]2OC(C)C[C@H](N(C)C)C2O)[C@](C)(O)C[C@@H](C)CN(C)[C@@H]1C. The third kappa shape index (κ3) is 10.0. The van der Waals surface area contributed by atoms with Crippen molar-refractivity contribution in [1.82, 2.24) is 9.80 Å². The van der Waals surface area contributed by atoms with Gasteiger partial charge in [-0.25, -0.2) is 0 Å². The van der Waals surface area contributed by atoms with Crippen molar-refractivity contribution >= 4 is 5.97 Å². The van der Waals surface area contributed by atoms with E-state index in [-0.39, 0.29) is 37.3 Å². The number of likely N-dealkylation sites (N-methyl/N-ethyl adjacent to an activating group) is 2. The molecule has 4 unspecified atom stereocenters. The highest BCUT2D eigenvalue weighted by Gasteiger charge is 2.53. The first kappa shape index (κ1) is 45.4. The normalized spacial score (nSPS) is 46.7. The molecule has 0 aromatic rings. The van der Waals surface area contributed by atoms with Crippen LogP contribution >= 0.6 is 0 Å². The Labute approximate surface area is 312 Å². The molecule has 0 aromatic heterocycles. The molecule has 0 radical (unpaired) electrons. The van der Waals surface area contributed by atoms with Gasteiger partial charge in [0, 0.05) is 38.1 Å². The van der Waals surface area contributed by atoms with E-state index in [2.05, 4.69) is 0 Å². The summed E-state index contributed by atoms with van der Waals surface area (Å²) in [6.45, 7) is 18.1. The van der Waals surface area contributed by atoms with Crippen LogP contribution < -0.4 is 0 Å². The van der Waals surface area contributed by atoms with Crippen LogP contribution in [0.3, 0.4) is 0 Å². The van der Waals surface area contributed by atoms with Gasteiger partial charge in [0.05, 0.1) is 47.6 Å². The Morgan fingerprint density at radius 3 is 2.23 bits per heavy atom. The average molecular weight is 749 g/mol. The summed E-state index contributed by atoms with van der Waals surface area (Å²) in [5.74, 6) is -2.58. The zero-order chi connectivity index (χ0) is 39.7. The van der Waals surface area contributed by atoms with Crippen LogP contribution in [0.2, 0.25) is 0 Å². The lowest BCUT2D eigenvalue weighted by molar-refractivity contribution is -0.318. The predicted molar refractivity (Wildman–Crippen MR) is 194 cm³/mol. The summed E-state index contributed by atoms with van der Waals surface area (Å²) >= 11 is 0. The third-order valence-electron chi connectivity index (χ3n) is 12.2. The lowest BCUT2D eigenvalue weighted by atomic mass is 9.77. The number of aliphatic hydroxyl groups is 5. The molecule has 0 amide bonds. The van der Waals surface area contributed by atoms with Gasteiger partial charge in [-0.05, 0) is 94.8 Å². The van der Waals surface area contributed by atoms with Gasteiger partial charge < -0.3 is 58.9 Å². The summed E-state index contributed by atoms with van der Waals surface area (Å²) in [5, 5.41) is 57.6. The van der Waals surface area contributed by atoms with Crippen LogP contribution in [-0.2, 0) is 33.2 Å². The van der Waals surface area contributed by atoms with E-state index >= 15 is 0 Å². The highest BCUT2D eigenvalue weighted by Crippen LogP contribution is 2.40. The van der Waals surface area contributed by atoms with Crippen molar-refractivity contribution in [2.75, 3.05) is 34.8 Å². The van der Waals surface area contributed by atoms with Gasteiger partial charge in [0.1, 0.15) is 23.9 Å². The molecular formula is C38H72N2O12. The topological polar surface area (TPSA) is 180 Å². The second-order valence-corrected chi connectivity index (χ2v) is 17.2. The van der Waals surface area contributed by atoms with Crippen molar-refractivity contribution in [3.63, 3.8) is 0 Å².